The third-order valence-corrected chi connectivity index (χ3v) is 2.92. The first kappa shape index (κ1) is 12.3. The van der Waals surface area contributed by atoms with E-state index < -0.39 is 5.97 Å². The van der Waals surface area contributed by atoms with Crippen LogP contribution in [0, 0.1) is 3.57 Å². The van der Waals surface area contributed by atoms with E-state index in [2.05, 4.69) is 22.6 Å². The summed E-state index contributed by atoms with van der Waals surface area (Å²) < 4.78 is 6.46. The number of aromatic carboxylic acids is 1. The van der Waals surface area contributed by atoms with Gasteiger partial charge in [-0.15, -0.1) is 0 Å². The van der Waals surface area contributed by atoms with E-state index in [1.54, 1.807) is 18.2 Å². The lowest BCUT2D eigenvalue weighted by atomic mass is 10.2. The second-order valence-corrected chi connectivity index (χ2v) is 4.45. The number of halogens is 1. The first-order valence-corrected chi connectivity index (χ1v) is 5.82. The Labute approximate surface area is 103 Å². The van der Waals surface area contributed by atoms with Crippen LogP contribution in [0.2, 0.25) is 0 Å². The van der Waals surface area contributed by atoms with Crippen LogP contribution in [-0.2, 0) is 0 Å². The van der Waals surface area contributed by atoms with Crippen LogP contribution in [0.3, 0.4) is 0 Å². The Morgan fingerprint density at radius 1 is 1.60 bits per heavy atom. The van der Waals surface area contributed by atoms with Crippen molar-refractivity contribution < 1.29 is 14.6 Å². The summed E-state index contributed by atoms with van der Waals surface area (Å²) >= 11 is 2.08. The summed E-state index contributed by atoms with van der Waals surface area (Å²) in [6.45, 7) is 4.03. The molecule has 1 N–H and O–H groups in total. The molecule has 82 valence electrons. The molecular formula is C11H13IO3. The Balaban J connectivity index is 2.88. The van der Waals surface area contributed by atoms with E-state index in [1.165, 1.54) is 0 Å². The molecule has 0 aliphatic carbocycles. The molecule has 1 rings (SSSR count). The largest absolute Gasteiger partial charge is 0.490 e. The number of carboxylic acid groups (broad SMARTS) is 1. The van der Waals surface area contributed by atoms with Crippen LogP contribution in [0.15, 0.2) is 18.2 Å². The van der Waals surface area contributed by atoms with Gasteiger partial charge in [0.15, 0.2) is 0 Å². The van der Waals surface area contributed by atoms with Gasteiger partial charge in [0.25, 0.3) is 0 Å². The predicted octanol–water partition coefficient (Wildman–Crippen LogP) is 3.17. The maximum absolute atomic E-state index is 10.7. The molecule has 1 atom stereocenters. The molecule has 0 bridgehead atoms. The summed E-state index contributed by atoms with van der Waals surface area (Å²) in [5.74, 6) is -0.169. The molecule has 0 spiro atoms. The van der Waals surface area contributed by atoms with Crippen molar-refractivity contribution in [3.63, 3.8) is 0 Å². The van der Waals surface area contributed by atoms with Crippen LogP contribution in [0.4, 0.5) is 0 Å². The van der Waals surface area contributed by atoms with E-state index in [0.29, 0.717) is 0 Å². The Morgan fingerprint density at radius 2 is 2.27 bits per heavy atom. The lowest BCUT2D eigenvalue weighted by molar-refractivity contribution is 0.0696. The fraction of sp³-hybridized carbons (Fsp3) is 0.364. The molecule has 0 saturated heterocycles. The second-order valence-electron chi connectivity index (χ2n) is 3.29. The number of hydrogen-bond donors (Lipinski definition) is 1. The molecule has 1 aromatic carbocycles. The van der Waals surface area contributed by atoms with Gasteiger partial charge in [0.05, 0.1) is 15.2 Å². The molecule has 0 amide bonds. The van der Waals surface area contributed by atoms with Crippen LogP contribution in [0.25, 0.3) is 0 Å². The average Bonchev–Trinajstić information content (AvgIpc) is 2.20. The topological polar surface area (TPSA) is 46.5 Å². The van der Waals surface area contributed by atoms with E-state index in [9.17, 15) is 4.79 Å². The number of ether oxygens (including phenoxy) is 1. The molecule has 0 fully saturated rings. The molecule has 0 heterocycles. The summed E-state index contributed by atoms with van der Waals surface area (Å²) in [4.78, 5) is 10.7. The monoisotopic (exact) mass is 320 g/mol. The maximum Gasteiger partial charge on any atom is 0.335 e. The van der Waals surface area contributed by atoms with Crippen LogP contribution < -0.4 is 4.74 Å². The van der Waals surface area contributed by atoms with E-state index >= 15 is 0 Å². The van der Waals surface area contributed by atoms with Crippen molar-refractivity contribution in [2.24, 2.45) is 0 Å². The summed E-state index contributed by atoms with van der Waals surface area (Å²) in [6.07, 6.45) is 1.07. The molecular weight excluding hydrogens is 307 g/mol. The highest BCUT2D eigenvalue weighted by Crippen LogP contribution is 2.23. The Morgan fingerprint density at radius 3 is 2.73 bits per heavy atom. The molecule has 0 aromatic heterocycles. The van der Waals surface area contributed by atoms with Gasteiger partial charge < -0.3 is 9.84 Å². The third-order valence-electron chi connectivity index (χ3n) is 2.08. The molecule has 0 aliphatic rings. The minimum absolute atomic E-state index is 0.147. The van der Waals surface area contributed by atoms with Crippen molar-refractivity contribution in [2.45, 2.75) is 26.4 Å². The fourth-order valence-electron chi connectivity index (χ4n) is 1.03. The van der Waals surface area contributed by atoms with E-state index in [-0.39, 0.29) is 11.7 Å². The molecule has 15 heavy (non-hydrogen) atoms. The smallest absolute Gasteiger partial charge is 0.335 e. The first-order chi connectivity index (χ1) is 7.04. The average molecular weight is 320 g/mol. The highest BCUT2D eigenvalue weighted by atomic mass is 127. The predicted molar refractivity (Wildman–Crippen MR) is 66.5 cm³/mol. The number of carboxylic acids is 1. The van der Waals surface area contributed by atoms with Gasteiger partial charge in [-0.2, -0.15) is 0 Å². The van der Waals surface area contributed by atoms with Crippen molar-refractivity contribution in [1.29, 1.82) is 0 Å². The lowest BCUT2D eigenvalue weighted by Gasteiger charge is -2.14. The number of carbonyl (C=O) groups is 1. The van der Waals surface area contributed by atoms with Gasteiger partial charge in [-0.3, -0.25) is 0 Å². The third kappa shape index (κ3) is 3.37. The Bertz CT molecular complexity index is 363. The van der Waals surface area contributed by atoms with Gasteiger partial charge >= 0.3 is 5.97 Å². The maximum atomic E-state index is 10.7. The standard InChI is InChI=1S/C11H13IO3/c1-3-7(2)15-10-5-4-8(11(13)14)6-9(10)12/h4-7H,3H2,1-2H3,(H,13,14)/t7-/m0/s1. The number of hydrogen-bond acceptors (Lipinski definition) is 2. The van der Waals surface area contributed by atoms with Crippen LogP contribution in [0.1, 0.15) is 30.6 Å². The zero-order valence-electron chi connectivity index (χ0n) is 8.66. The van der Waals surface area contributed by atoms with Gasteiger partial charge in [0.1, 0.15) is 5.75 Å². The van der Waals surface area contributed by atoms with Gasteiger partial charge in [-0.1, -0.05) is 6.92 Å². The van der Waals surface area contributed by atoms with Gasteiger partial charge in [-0.05, 0) is 54.1 Å². The van der Waals surface area contributed by atoms with Gasteiger partial charge in [0.2, 0.25) is 0 Å². The van der Waals surface area contributed by atoms with Crippen molar-refractivity contribution in [1.82, 2.24) is 0 Å². The van der Waals surface area contributed by atoms with Crippen LogP contribution in [0.5, 0.6) is 5.75 Å². The minimum Gasteiger partial charge on any atom is -0.490 e. The molecule has 3 nitrogen and oxygen atoms in total. The van der Waals surface area contributed by atoms with Crippen molar-refractivity contribution in [2.75, 3.05) is 0 Å². The van der Waals surface area contributed by atoms with E-state index in [0.717, 1.165) is 15.7 Å². The molecule has 0 saturated carbocycles. The quantitative estimate of drug-likeness (QED) is 0.867. The zero-order chi connectivity index (χ0) is 11.4. The minimum atomic E-state index is -0.914. The Kier molecular flexibility index (Phi) is 4.38. The Hall–Kier alpha value is -0.780. The molecule has 0 unspecified atom stereocenters. The number of rotatable bonds is 4. The fourth-order valence-corrected chi connectivity index (χ4v) is 1.67. The summed E-state index contributed by atoms with van der Waals surface area (Å²) in [6, 6.07) is 4.88. The highest BCUT2D eigenvalue weighted by Gasteiger charge is 2.09. The zero-order valence-corrected chi connectivity index (χ0v) is 10.8. The summed E-state index contributed by atoms with van der Waals surface area (Å²) in [5.41, 5.74) is 0.288. The molecule has 4 heteroatoms. The van der Waals surface area contributed by atoms with Gasteiger partial charge in [-0.25, -0.2) is 4.79 Å². The normalized spacial score (nSPS) is 12.2. The SMILES string of the molecule is CC[C@H](C)Oc1ccc(C(=O)O)cc1I. The van der Waals surface area contributed by atoms with E-state index in [1.807, 2.05) is 13.8 Å². The van der Waals surface area contributed by atoms with E-state index in [4.69, 9.17) is 9.84 Å². The van der Waals surface area contributed by atoms with Crippen LogP contribution >= 0.6 is 22.6 Å². The summed E-state index contributed by atoms with van der Waals surface area (Å²) in [5, 5.41) is 8.78. The number of benzene rings is 1. The molecule has 1 aromatic rings. The lowest BCUT2D eigenvalue weighted by Crippen LogP contribution is -2.11. The molecule has 0 aliphatic heterocycles. The molecule has 0 radical (unpaired) electrons. The van der Waals surface area contributed by atoms with Crippen molar-refractivity contribution in [3.05, 3.63) is 27.3 Å². The van der Waals surface area contributed by atoms with Crippen molar-refractivity contribution in [3.8, 4) is 5.75 Å². The van der Waals surface area contributed by atoms with Crippen molar-refractivity contribution >= 4 is 28.6 Å². The second kappa shape index (κ2) is 5.34. The van der Waals surface area contributed by atoms with Gasteiger partial charge in [0, 0.05) is 0 Å². The first-order valence-electron chi connectivity index (χ1n) is 4.74. The summed E-state index contributed by atoms with van der Waals surface area (Å²) in [7, 11) is 0. The highest BCUT2D eigenvalue weighted by molar-refractivity contribution is 14.1. The van der Waals surface area contributed by atoms with Crippen LogP contribution in [-0.4, -0.2) is 17.2 Å².